The van der Waals surface area contributed by atoms with Crippen LogP contribution in [0.3, 0.4) is 0 Å². The van der Waals surface area contributed by atoms with Crippen LogP contribution in [-0.2, 0) is 38.4 Å². The van der Waals surface area contributed by atoms with Crippen molar-refractivity contribution in [2.75, 3.05) is 0 Å². The van der Waals surface area contributed by atoms with Gasteiger partial charge < -0.3 is 40.9 Å². The Balaban J connectivity index is -0.0000000305. The summed E-state index contributed by atoms with van der Waals surface area (Å²) in [5, 5.41) is 56.3. The number of aliphatic carboxylic acids is 1. The molecule has 0 aliphatic carbocycles. The van der Waals surface area contributed by atoms with Crippen LogP contribution in [0.1, 0.15) is 26.2 Å². The summed E-state index contributed by atoms with van der Waals surface area (Å²) in [6.07, 6.45) is 4.03. The smallest absolute Gasteiger partial charge is 0.307 e. The van der Waals surface area contributed by atoms with Gasteiger partial charge in [-0.2, -0.15) is 0 Å². The maximum Gasteiger partial charge on any atom is 0.307 e. The summed E-state index contributed by atoms with van der Waals surface area (Å²) in [6.45, 7) is 0.287. The molecule has 0 bridgehead atoms. The van der Waals surface area contributed by atoms with Crippen LogP contribution in [0.2, 0.25) is 0 Å². The van der Waals surface area contributed by atoms with E-state index in [1.54, 1.807) is 0 Å². The molecule has 0 unspecified atom stereocenters. The summed E-state index contributed by atoms with van der Waals surface area (Å²) in [5.74, 6) is -0.807. The SMILES string of the molecule is CCCC[CH]C(=O)O.O=CO.O=CO.O=CO.O=CO.O=CO.O=CO.O=CO. The van der Waals surface area contributed by atoms with Crippen molar-refractivity contribution in [1.82, 2.24) is 0 Å². The van der Waals surface area contributed by atoms with Gasteiger partial charge in [0.25, 0.3) is 45.3 Å². The van der Waals surface area contributed by atoms with Gasteiger partial charge in [-0.25, -0.2) is 0 Å². The van der Waals surface area contributed by atoms with Gasteiger partial charge in [-0.15, -0.1) is 0 Å². The summed E-state index contributed by atoms with van der Waals surface area (Å²) in [7, 11) is 0. The van der Waals surface area contributed by atoms with E-state index >= 15 is 0 Å². The van der Waals surface area contributed by atoms with E-state index in [9.17, 15) is 4.79 Å². The summed E-state index contributed by atoms with van der Waals surface area (Å²) < 4.78 is 0. The van der Waals surface area contributed by atoms with Crippen LogP contribution in [0.4, 0.5) is 0 Å². The first-order valence-electron chi connectivity index (χ1n) is 6.29. The van der Waals surface area contributed by atoms with Crippen molar-refractivity contribution in [2.45, 2.75) is 26.2 Å². The molecule has 0 saturated carbocycles. The first kappa shape index (κ1) is 49.8. The molecule has 0 aliphatic heterocycles. The molecule has 0 fully saturated rings. The molecule has 0 aliphatic rings. The molecule has 0 heterocycles. The zero-order valence-corrected chi connectivity index (χ0v) is 15.1. The zero-order chi connectivity index (χ0) is 25.4. The fourth-order valence-electron chi connectivity index (χ4n) is 0.430. The molecular formula is C13H25O16. The maximum absolute atomic E-state index is 9.82. The van der Waals surface area contributed by atoms with E-state index in [2.05, 4.69) is 0 Å². The van der Waals surface area contributed by atoms with Gasteiger partial charge in [0, 0.05) is 0 Å². The molecule has 16 nitrogen and oxygen atoms in total. The van der Waals surface area contributed by atoms with Crippen molar-refractivity contribution in [2.24, 2.45) is 0 Å². The summed E-state index contributed by atoms with van der Waals surface area (Å²) >= 11 is 0. The first-order valence-corrected chi connectivity index (χ1v) is 6.29. The van der Waals surface area contributed by atoms with Crippen molar-refractivity contribution in [3.05, 3.63) is 6.42 Å². The van der Waals surface area contributed by atoms with Gasteiger partial charge in [0.15, 0.2) is 0 Å². The maximum atomic E-state index is 9.82. The van der Waals surface area contributed by atoms with Crippen molar-refractivity contribution < 1.29 is 79.2 Å². The fraction of sp³-hybridized carbons (Fsp3) is 0.308. The largest absolute Gasteiger partial charge is 0.483 e. The number of hydrogen-bond acceptors (Lipinski definition) is 8. The quantitative estimate of drug-likeness (QED) is 0.200. The number of carboxylic acid groups (broad SMARTS) is 8. The molecule has 0 atom stereocenters. The van der Waals surface area contributed by atoms with Crippen LogP contribution in [-0.4, -0.2) is 92.1 Å². The highest BCUT2D eigenvalue weighted by atomic mass is 16.4. The topological polar surface area (TPSA) is 298 Å². The van der Waals surface area contributed by atoms with Crippen LogP contribution in [0, 0.1) is 6.42 Å². The number of carbonyl (C=O) groups is 8. The average molecular weight is 437 g/mol. The minimum atomic E-state index is -0.807. The minimum Gasteiger partial charge on any atom is -0.483 e. The first-order chi connectivity index (χ1) is 13.7. The number of unbranched alkanes of at least 4 members (excludes halogenated alkanes) is 2. The summed E-state index contributed by atoms with van der Waals surface area (Å²) in [4.78, 5) is 68.3. The monoisotopic (exact) mass is 437 g/mol. The second kappa shape index (κ2) is 129. The molecule has 29 heavy (non-hydrogen) atoms. The van der Waals surface area contributed by atoms with E-state index in [1.165, 1.54) is 6.42 Å². The van der Waals surface area contributed by atoms with Crippen LogP contribution in [0.15, 0.2) is 0 Å². The van der Waals surface area contributed by atoms with Crippen molar-refractivity contribution in [1.29, 1.82) is 0 Å². The highest BCUT2D eigenvalue weighted by molar-refractivity contribution is 5.76. The molecule has 0 aromatic rings. The Morgan fingerprint density at radius 3 is 0.862 bits per heavy atom. The van der Waals surface area contributed by atoms with Gasteiger partial charge in [0.05, 0.1) is 6.42 Å². The Bertz CT molecular complexity index is 259. The number of hydrogen-bond donors (Lipinski definition) is 8. The molecule has 0 rings (SSSR count). The second-order valence-corrected chi connectivity index (χ2v) is 2.42. The molecule has 0 amide bonds. The third-order valence-electron chi connectivity index (χ3n) is 0.877. The van der Waals surface area contributed by atoms with E-state index in [4.69, 9.17) is 74.4 Å². The molecule has 0 saturated heterocycles. The Hall–Kier alpha value is -4.24. The van der Waals surface area contributed by atoms with E-state index < -0.39 is 5.97 Å². The third-order valence-corrected chi connectivity index (χ3v) is 0.877. The lowest BCUT2D eigenvalue weighted by Crippen LogP contribution is -1.93. The fourth-order valence-corrected chi connectivity index (χ4v) is 0.430. The van der Waals surface area contributed by atoms with Crippen LogP contribution < -0.4 is 0 Å². The van der Waals surface area contributed by atoms with Crippen molar-refractivity contribution >= 4 is 51.3 Å². The van der Waals surface area contributed by atoms with E-state index in [1.807, 2.05) is 6.92 Å². The van der Waals surface area contributed by atoms with E-state index in [-0.39, 0.29) is 45.3 Å². The number of rotatable bonds is 4. The molecule has 16 heteroatoms. The van der Waals surface area contributed by atoms with Gasteiger partial charge in [-0.1, -0.05) is 19.8 Å². The summed E-state index contributed by atoms with van der Waals surface area (Å²) in [5.41, 5.74) is 0. The zero-order valence-electron chi connectivity index (χ0n) is 15.1. The Morgan fingerprint density at radius 1 is 0.586 bits per heavy atom. The molecule has 0 aromatic heterocycles. The minimum absolute atomic E-state index is 0.250. The van der Waals surface area contributed by atoms with Gasteiger partial charge >= 0.3 is 5.97 Å². The average Bonchev–Trinajstić information content (AvgIpc) is 2.60. The Kier molecular flexibility index (Phi) is 222. The van der Waals surface area contributed by atoms with Crippen molar-refractivity contribution in [3.8, 4) is 0 Å². The summed E-state index contributed by atoms with van der Waals surface area (Å²) in [6, 6.07) is 0. The lowest BCUT2D eigenvalue weighted by atomic mass is 10.2. The molecule has 173 valence electrons. The molecule has 1 radical (unpaired) electrons. The third kappa shape index (κ3) is 19500. The predicted molar refractivity (Wildman–Crippen MR) is 92.3 cm³/mol. The molecule has 0 aromatic carbocycles. The van der Waals surface area contributed by atoms with E-state index in [0.717, 1.165) is 12.8 Å². The van der Waals surface area contributed by atoms with Gasteiger partial charge in [-0.3, -0.25) is 38.4 Å². The lowest BCUT2D eigenvalue weighted by Gasteiger charge is -1.89. The van der Waals surface area contributed by atoms with Crippen molar-refractivity contribution in [3.63, 3.8) is 0 Å². The molecular weight excluding hydrogens is 412 g/mol. The van der Waals surface area contributed by atoms with E-state index in [0.29, 0.717) is 6.42 Å². The van der Waals surface area contributed by atoms with Crippen LogP contribution in [0.5, 0.6) is 0 Å². The predicted octanol–water partition coefficient (Wildman–Crippen LogP) is -0.629. The van der Waals surface area contributed by atoms with Crippen LogP contribution >= 0.6 is 0 Å². The molecule has 8 N–H and O–H groups in total. The molecule has 0 spiro atoms. The van der Waals surface area contributed by atoms with Gasteiger partial charge in [-0.05, 0) is 6.42 Å². The van der Waals surface area contributed by atoms with Crippen LogP contribution in [0.25, 0.3) is 0 Å². The highest BCUT2D eigenvalue weighted by Gasteiger charge is 1.93. The number of carboxylic acids is 1. The Labute approximate surface area is 164 Å². The normalized spacial score (nSPS) is 5.41. The van der Waals surface area contributed by atoms with Gasteiger partial charge in [0.2, 0.25) is 0 Å². The van der Waals surface area contributed by atoms with Gasteiger partial charge in [0.1, 0.15) is 0 Å². The second-order valence-electron chi connectivity index (χ2n) is 2.42. The standard InChI is InChI=1S/C6H11O2.7CH2O2/c1-2-3-4-5-6(7)8;7*2-1-3/h5H,2-4H2,1H3,(H,7,8);7*1H,(H,2,3). The highest BCUT2D eigenvalue weighted by Crippen LogP contribution is 1.96. The Morgan fingerprint density at radius 2 is 0.759 bits per heavy atom. The lowest BCUT2D eigenvalue weighted by molar-refractivity contribution is -0.133.